The number of anilines is 1. The molecule has 4 nitrogen and oxygen atoms in total. The van der Waals surface area contributed by atoms with Crippen LogP contribution in [-0.4, -0.2) is 24.1 Å². The van der Waals surface area contributed by atoms with Crippen molar-refractivity contribution >= 4 is 5.82 Å². The molecule has 2 atom stereocenters. The Balaban J connectivity index is 1.74. The second kappa shape index (κ2) is 4.01. The fraction of sp³-hybridized carbons (Fsp3) is 0.538. The third-order valence-corrected chi connectivity index (χ3v) is 3.84. The molecule has 2 N–H and O–H groups in total. The predicted molar refractivity (Wildman–Crippen MR) is 65.4 cm³/mol. The molecule has 0 aromatic carbocycles. The third-order valence-electron chi connectivity index (χ3n) is 3.84. The molecule has 1 aromatic rings. The molecule has 1 aliphatic heterocycles. The molecule has 0 spiro atoms. The fourth-order valence-corrected chi connectivity index (χ4v) is 2.70. The summed E-state index contributed by atoms with van der Waals surface area (Å²) >= 11 is 0. The molecule has 88 valence electrons. The van der Waals surface area contributed by atoms with Gasteiger partial charge in [0.25, 0.3) is 0 Å². The van der Waals surface area contributed by atoms with Gasteiger partial charge in [0.1, 0.15) is 11.9 Å². The first-order valence-electron chi connectivity index (χ1n) is 6.14. The zero-order chi connectivity index (χ0) is 11.8. The van der Waals surface area contributed by atoms with E-state index in [2.05, 4.69) is 16.0 Å². The van der Waals surface area contributed by atoms with Crippen molar-refractivity contribution in [3.05, 3.63) is 23.9 Å². The van der Waals surface area contributed by atoms with Crippen molar-refractivity contribution in [2.24, 2.45) is 17.6 Å². The summed E-state index contributed by atoms with van der Waals surface area (Å²) in [6.45, 7) is 1.91. The summed E-state index contributed by atoms with van der Waals surface area (Å²) in [5, 5.41) is 8.74. The van der Waals surface area contributed by atoms with Gasteiger partial charge in [-0.3, -0.25) is 0 Å². The van der Waals surface area contributed by atoms with Crippen molar-refractivity contribution < 1.29 is 0 Å². The van der Waals surface area contributed by atoms with Crippen LogP contribution in [0, 0.1) is 23.2 Å². The number of hydrogen-bond acceptors (Lipinski definition) is 4. The molecule has 4 heteroatoms. The molecule has 1 saturated heterocycles. The Kier molecular flexibility index (Phi) is 2.49. The van der Waals surface area contributed by atoms with Crippen molar-refractivity contribution in [1.29, 1.82) is 5.26 Å². The summed E-state index contributed by atoms with van der Waals surface area (Å²) in [5.41, 5.74) is 6.79. The minimum atomic E-state index is 0.278. The zero-order valence-electron chi connectivity index (χ0n) is 9.71. The Hall–Kier alpha value is -1.60. The van der Waals surface area contributed by atoms with Gasteiger partial charge in [-0.2, -0.15) is 5.26 Å². The van der Waals surface area contributed by atoms with Crippen molar-refractivity contribution in [2.45, 2.75) is 18.9 Å². The SMILES string of the molecule is N#Cc1ccc(N2C[C@H](C3CC3)[C@@H](N)C2)nc1. The normalized spacial score (nSPS) is 28.1. The molecule has 1 aromatic heterocycles. The van der Waals surface area contributed by atoms with Gasteiger partial charge in [0.15, 0.2) is 0 Å². The smallest absolute Gasteiger partial charge is 0.128 e. The van der Waals surface area contributed by atoms with E-state index in [-0.39, 0.29) is 6.04 Å². The average Bonchev–Trinajstić information content (AvgIpc) is 3.13. The topological polar surface area (TPSA) is 65.9 Å². The summed E-state index contributed by atoms with van der Waals surface area (Å²) in [5.74, 6) is 2.42. The van der Waals surface area contributed by atoms with Crippen LogP contribution in [0.5, 0.6) is 0 Å². The number of nitrogens with zero attached hydrogens (tertiary/aromatic N) is 3. The van der Waals surface area contributed by atoms with Gasteiger partial charge in [0.2, 0.25) is 0 Å². The van der Waals surface area contributed by atoms with E-state index < -0.39 is 0 Å². The molecule has 1 aliphatic carbocycles. The van der Waals surface area contributed by atoms with E-state index in [1.54, 1.807) is 6.20 Å². The number of rotatable bonds is 2. The van der Waals surface area contributed by atoms with Gasteiger partial charge >= 0.3 is 0 Å². The quantitative estimate of drug-likeness (QED) is 0.824. The standard InChI is InChI=1S/C13H16N4/c14-5-9-1-4-13(16-6-9)17-7-11(10-2-3-10)12(15)8-17/h1,4,6,10-12H,2-3,7-8,15H2/t11-,12+/m1/s1. The molecule has 2 fully saturated rings. The lowest BCUT2D eigenvalue weighted by atomic mass is 9.99. The molecule has 0 unspecified atom stereocenters. The van der Waals surface area contributed by atoms with Crippen LogP contribution < -0.4 is 10.6 Å². The second-order valence-corrected chi connectivity index (χ2v) is 5.09. The van der Waals surface area contributed by atoms with Gasteiger partial charge in [0, 0.05) is 25.3 Å². The molecule has 2 heterocycles. The first-order chi connectivity index (χ1) is 8.28. The molecule has 1 saturated carbocycles. The lowest BCUT2D eigenvalue weighted by molar-refractivity contribution is 0.456. The lowest BCUT2D eigenvalue weighted by Crippen LogP contribution is -2.30. The van der Waals surface area contributed by atoms with Gasteiger partial charge in [0.05, 0.1) is 5.56 Å². The highest BCUT2D eigenvalue weighted by Gasteiger charge is 2.41. The van der Waals surface area contributed by atoms with E-state index in [1.165, 1.54) is 12.8 Å². The van der Waals surface area contributed by atoms with Crippen LogP contribution in [0.2, 0.25) is 0 Å². The lowest BCUT2D eigenvalue weighted by Gasteiger charge is -2.16. The minimum Gasteiger partial charge on any atom is -0.355 e. The van der Waals surface area contributed by atoms with Crippen LogP contribution in [0.4, 0.5) is 5.82 Å². The van der Waals surface area contributed by atoms with E-state index in [0.717, 1.165) is 24.8 Å². The average molecular weight is 228 g/mol. The van der Waals surface area contributed by atoms with E-state index in [1.807, 2.05) is 12.1 Å². The van der Waals surface area contributed by atoms with E-state index in [9.17, 15) is 0 Å². The molecule has 0 amide bonds. The summed E-state index contributed by atoms with van der Waals surface area (Å²) in [7, 11) is 0. The van der Waals surface area contributed by atoms with Gasteiger partial charge in [-0.15, -0.1) is 0 Å². The molecular formula is C13H16N4. The number of nitrogens with two attached hydrogens (primary N) is 1. The molecule has 3 rings (SSSR count). The highest BCUT2D eigenvalue weighted by atomic mass is 15.2. The Morgan fingerprint density at radius 1 is 1.35 bits per heavy atom. The van der Waals surface area contributed by atoms with Gasteiger partial charge in [-0.25, -0.2) is 4.98 Å². The maximum Gasteiger partial charge on any atom is 0.128 e. The molecule has 0 radical (unpaired) electrons. The highest BCUT2D eigenvalue weighted by Crippen LogP contribution is 2.41. The second-order valence-electron chi connectivity index (χ2n) is 5.09. The number of hydrogen-bond donors (Lipinski definition) is 1. The van der Waals surface area contributed by atoms with Crippen LogP contribution in [0.25, 0.3) is 0 Å². The number of pyridine rings is 1. The number of nitriles is 1. The molecule has 0 bridgehead atoms. The summed E-state index contributed by atoms with van der Waals surface area (Å²) in [6, 6.07) is 6.10. The monoisotopic (exact) mass is 228 g/mol. The Labute approximate surface area is 101 Å². The summed E-state index contributed by atoms with van der Waals surface area (Å²) < 4.78 is 0. The minimum absolute atomic E-state index is 0.278. The van der Waals surface area contributed by atoms with Crippen molar-refractivity contribution in [3.63, 3.8) is 0 Å². The first kappa shape index (κ1) is 10.5. The van der Waals surface area contributed by atoms with Gasteiger partial charge < -0.3 is 10.6 Å². The largest absolute Gasteiger partial charge is 0.355 e. The van der Waals surface area contributed by atoms with Crippen LogP contribution in [0.1, 0.15) is 18.4 Å². The Bertz CT molecular complexity index is 443. The van der Waals surface area contributed by atoms with Gasteiger partial charge in [-0.1, -0.05) is 0 Å². The van der Waals surface area contributed by atoms with E-state index in [0.29, 0.717) is 11.5 Å². The van der Waals surface area contributed by atoms with Crippen LogP contribution in [0.15, 0.2) is 18.3 Å². The molecular weight excluding hydrogens is 212 g/mol. The van der Waals surface area contributed by atoms with Crippen LogP contribution >= 0.6 is 0 Å². The zero-order valence-corrected chi connectivity index (χ0v) is 9.71. The summed E-state index contributed by atoms with van der Waals surface area (Å²) in [6.07, 6.45) is 4.31. The highest BCUT2D eigenvalue weighted by molar-refractivity contribution is 5.43. The van der Waals surface area contributed by atoms with Crippen molar-refractivity contribution in [3.8, 4) is 6.07 Å². The summed E-state index contributed by atoms with van der Waals surface area (Å²) in [4.78, 5) is 6.57. The predicted octanol–water partition coefficient (Wildman–Crippen LogP) is 1.13. The maximum atomic E-state index is 8.74. The van der Waals surface area contributed by atoms with Crippen LogP contribution in [0.3, 0.4) is 0 Å². The van der Waals surface area contributed by atoms with Crippen LogP contribution in [-0.2, 0) is 0 Å². The van der Waals surface area contributed by atoms with E-state index >= 15 is 0 Å². The molecule has 17 heavy (non-hydrogen) atoms. The maximum absolute atomic E-state index is 8.74. The van der Waals surface area contributed by atoms with Crippen molar-refractivity contribution in [1.82, 2.24) is 4.98 Å². The van der Waals surface area contributed by atoms with Gasteiger partial charge in [-0.05, 0) is 36.8 Å². The third kappa shape index (κ3) is 1.98. The number of aromatic nitrogens is 1. The molecule has 2 aliphatic rings. The Morgan fingerprint density at radius 2 is 2.18 bits per heavy atom. The van der Waals surface area contributed by atoms with E-state index in [4.69, 9.17) is 11.0 Å². The fourth-order valence-electron chi connectivity index (χ4n) is 2.70. The van der Waals surface area contributed by atoms with Crippen molar-refractivity contribution in [2.75, 3.05) is 18.0 Å². The Morgan fingerprint density at radius 3 is 2.76 bits per heavy atom. The first-order valence-corrected chi connectivity index (χ1v) is 6.14.